The van der Waals surface area contributed by atoms with E-state index in [1.165, 1.54) is 0 Å². The highest BCUT2D eigenvalue weighted by molar-refractivity contribution is 6.07. The number of para-hydroxylation sites is 1. The van der Waals surface area contributed by atoms with Gasteiger partial charge < -0.3 is 14.6 Å². The van der Waals surface area contributed by atoms with Crippen molar-refractivity contribution in [1.82, 2.24) is 9.97 Å². The second kappa shape index (κ2) is 9.01. The van der Waals surface area contributed by atoms with Gasteiger partial charge in [-0.1, -0.05) is 18.2 Å². The van der Waals surface area contributed by atoms with Crippen LogP contribution in [-0.4, -0.2) is 35.0 Å². The topological polar surface area (TPSA) is 75.3 Å². The third-order valence-corrected chi connectivity index (χ3v) is 3.80. The molecule has 1 aromatic carbocycles. The number of fused-ring (bicyclic) bond motifs is 1. The maximum Gasteiger partial charge on any atom is 0.307 e. The number of benzene rings is 1. The van der Waals surface area contributed by atoms with Crippen molar-refractivity contribution in [2.24, 2.45) is 0 Å². The number of aromatic amines is 1. The summed E-state index contributed by atoms with van der Waals surface area (Å²) in [6, 6.07) is 12.9. The minimum atomic E-state index is -0.325. The van der Waals surface area contributed by atoms with Crippen molar-refractivity contribution < 1.29 is 14.3 Å². The molecule has 0 aliphatic carbocycles. The van der Waals surface area contributed by atoms with Crippen LogP contribution in [0.2, 0.25) is 0 Å². The number of nitrogens with one attached hydrogen (secondary N) is 1. The van der Waals surface area contributed by atoms with E-state index < -0.39 is 0 Å². The Bertz CT molecular complexity index is 880. The highest BCUT2D eigenvalue weighted by atomic mass is 35.5. The van der Waals surface area contributed by atoms with E-state index in [1.54, 1.807) is 30.3 Å². The maximum absolute atomic E-state index is 13.0. The molecule has 0 aliphatic rings. The molecular weight excluding hydrogens is 354 g/mol. The van der Waals surface area contributed by atoms with Crippen molar-refractivity contribution in [3.63, 3.8) is 0 Å². The van der Waals surface area contributed by atoms with E-state index in [0.717, 1.165) is 16.7 Å². The zero-order valence-corrected chi connectivity index (χ0v) is 15.2. The third-order valence-electron chi connectivity index (χ3n) is 3.80. The number of pyridine rings is 1. The number of rotatable bonds is 6. The molecule has 0 aliphatic heterocycles. The molecule has 0 unspecified atom stereocenters. The van der Waals surface area contributed by atoms with Crippen LogP contribution in [-0.2, 0) is 9.53 Å². The summed E-state index contributed by atoms with van der Waals surface area (Å²) in [5, 5.41) is 0. The van der Waals surface area contributed by atoms with E-state index in [9.17, 15) is 9.59 Å². The van der Waals surface area contributed by atoms with Gasteiger partial charge in [-0.15, -0.1) is 12.4 Å². The molecule has 1 amide bonds. The fraction of sp³-hybridized carbons (Fsp3) is 0.211. The average molecular weight is 374 g/mol. The van der Waals surface area contributed by atoms with E-state index in [-0.39, 0.29) is 37.2 Å². The molecule has 0 atom stereocenters. The summed E-state index contributed by atoms with van der Waals surface area (Å²) in [6.45, 7) is 2.32. The Balaban J connectivity index is 0.00000243. The molecule has 26 heavy (non-hydrogen) atoms. The molecule has 0 radical (unpaired) electrons. The van der Waals surface area contributed by atoms with Gasteiger partial charge in [0.25, 0.3) is 5.91 Å². The Labute approximate surface area is 157 Å². The molecule has 3 aromatic rings. The van der Waals surface area contributed by atoms with Crippen LogP contribution < -0.4 is 4.90 Å². The van der Waals surface area contributed by atoms with Crippen molar-refractivity contribution in [3.8, 4) is 0 Å². The number of hydrogen-bond donors (Lipinski definition) is 1. The Kier molecular flexibility index (Phi) is 6.74. The summed E-state index contributed by atoms with van der Waals surface area (Å²) in [7, 11) is 0. The predicted octanol–water partition coefficient (Wildman–Crippen LogP) is 3.58. The number of hydrogen-bond acceptors (Lipinski definition) is 4. The molecule has 7 heteroatoms. The van der Waals surface area contributed by atoms with Crippen LogP contribution in [0.25, 0.3) is 11.0 Å². The molecule has 0 bridgehead atoms. The summed E-state index contributed by atoms with van der Waals surface area (Å²) >= 11 is 0. The van der Waals surface area contributed by atoms with Gasteiger partial charge in [0.05, 0.1) is 29.6 Å². The van der Waals surface area contributed by atoms with Crippen molar-refractivity contribution in [1.29, 1.82) is 0 Å². The van der Waals surface area contributed by atoms with Gasteiger partial charge in [0.15, 0.2) is 0 Å². The van der Waals surface area contributed by atoms with Crippen molar-refractivity contribution in [3.05, 3.63) is 60.4 Å². The summed E-state index contributed by atoms with van der Waals surface area (Å²) in [5.74, 6) is -0.534. The number of anilines is 1. The first kappa shape index (κ1) is 19.5. The summed E-state index contributed by atoms with van der Waals surface area (Å²) < 4.78 is 4.97. The first-order valence-electron chi connectivity index (χ1n) is 8.14. The third kappa shape index (κ3) is 4.40. The highest BCUT2D eigenvalue weighted by Crippen LogP contribution is 2.19. The molecule has 136 valence electrons. The van der Waals surface area contributed by atoms with Crippen LogP contribution in [0.1, 0.15) is 23.7 Å². The quantitative estimate of drug-likeness (QED) is 0.670. The number of H-pyrrole nitrogens is 1. The average Bonchev–Trinajstić information content (AvgIpc) is 3.10. The zero-order valence-electron chi connectivity index (χ0n) is 14.3. The molecule has 0 saturated carbocycles. The van der Waals surface area contributed by atoms with E-state index in [2.05, 4.69) is 9.97 Å². The van der Waals surface area contributed by atoms with Crippen LogP contribution >= 0.6 is 12.4 Å². The number of esters is 1. The Hall–Kier alpha value is -2.86. The van der Waals surface area contributed by atoms with Gasteiger partial charge in [-0.05, 0) is 31.2 Å². The minimum absolute atomic E-state index is 0. The van der Waals surface area contributed by atoms with Gasteiger partial charge >= 0.3 is 5.97 Å². The lowest BCUT2D eigenvalue weighted by Gasteiger charge is -2.22. The summed E-state index contributed by atoms with van der Waals surface area (Å²) in [4.78, 5) is 33.6. The molecular formula is C19H20ClN3O3. The Morgan fingerprint density at radius 3 is 2.69 bits per heavy atom. The second-order valence-electron chi connectivity index (χ2n) is 5.48. The van der Waals surface area contributed by atoms with Gasteiger partial charge in [-0.25, -0.2) is 0 Å². The van der Waals surface area contributed by atoms with E-state index in [0.29, 0.717) is 12.2 Å². The molecule has 6 nitrogen and oxygen atoms in total. The van der Waals surface area contributed by atoms with E-state index >= 15 is 0 Å². The van der Waals surface area contributed by atoms with Gasteiger partial charge in [0.2, 0.25) is 0 Å². The highest BCUT2D eigenvalue weighted by Gasteiger charge is 2.20. The first-order chi connectivity index (χ1) is 12.2. The zero-order chi connectivity index (χ0) is 17.6. The van der Waals surface area contributed by atoms with Crippen molar-refractivity contribution in [2.75, 3.05) is 18.1 Å². The molecule has 0 spiro atoms. The number of carbonyl (C=O) groups excluding carboxylic acids is 2. The number of ether oxygens (including phenoxy) is 1. The molecule has 1 N–H and O–H groups in total. The largest absolute Gasteiger partial charge is 0.466 e. The Morgan fingerprint density at radius 1 is 1.19 bits per heavy atom. The lowest BCUT2D eigenvalue weighted by molar-refractivity contribution is -0.142. The maximum atomic E-state index is 13.0. The lowest BCUT2D eigenvalue weighted by Crippen LogP contribution is -2.33. The van der Waals surface area contributed by atoms with Gasteiger partial charge in [-0.3, -0.25) is 14.6 Å². The first-order valence-corrected chi connectivity index (χ1v) is 8.14. The fourth-order valence-electron chi connectivity index (χ4n) is 2.60. The van der Waals surface area contributed by atoms with Crippen LogP contribution in [0.4, 0.5) is 5.69 Å². The van der Waals surface area contributed by atoms with Gasteiger partial charge in [0.1, 0.15) is 0 Å². The standard InChI is InChI=1S/C19H19N3O3.ClH/c1-2-25-18(23)9-11-22(15-6-4-3-5-7-15)19(24)14-12-17-16(21-13-14)8-10-20-17;/h3-8,10,12-13,20H,2,9,11H2,1H3;1H. The van der Waals surface area contributed by atoms with E-state index in [4.69, 9.17) is 4.74 Å². The fourth-order valence-corrected chi connectivity index (χ4v) is 2.60. The molecule has 0 fully saturated rings. The second-order valence-corrected chi connectivity index (χ2v) is 5.48. The normalized spacial score (nSPS) is 10.2. The van der Waals surface area contributed by atoms with Crippen LogP contribution in [0, 0.1) is 0 Å². The van der Waals surface area contributed by atoms with Crippen LogP contribution in [0.3, 0.4) is 0 Å². The summed E-state index contributed by atoms with van der Waals surface area (Å²) in [6.07, 6.45) is 3.47. The molecule has 0 saturated heterocycles. The van der Waals surface area contributed by atoms with Gasteiger partial charge in [-0.2, -0.15) is 0 Å². The summed E-state index contributed by atoms with van der Waals surface area (Å²) in [5.41, 5.74) is 2.78. The Morgan fingerprint density at radius 2 is 1.96 bits per heavy atom. The molecule has 2 aromatic heterocycles. The van der Waals surface area contributed by atoms with Crippen molar-refractivity contribution >= 4 is 41.0 Å². The monoisotopic (exact) mass is 373 g/mol. The number of aromatic nitrogens is 2. The molecule has 2 heterocycles. The number of halogens is 1. The SMILES string of the molecule is CCOC(=O)CCN(C(=O)c1cnc2cc[nH]c2c1)c1ccccc1.Cl. The van der Waals surface area contributed by atoms with Crippen LogP contribution in [0.5, 0.6) is 0 Å². The minimum Gasteiger partial charge on any atom is -0.466 e. The smallest absolute Gasteiger partial charge is 0.307 e. The number of carbonyl (C=O) groups is 2. The van der Waals surface area contributed by atoms with E-state index in [1.807, 2.05) is 36.4 Å². The van der Waals surface area contributed by atoms with Crippen LogP contribution in [0.15, 0.2) is 54.9 Å². The number of amides is 1. The van der Waals surface area contributed by atoms with Gasteiger partial charge in [0, 0.05) is 24.6 Å². The molecule has 3 rings (SSSR count). The lowest BCUT2D eigenvalue weighted by atomic mass is 10.2. The predicted molar refractivity (Wildman–Crippen MR) is 103 cm³/mol. The number of nitrogens with zero attached hydrogens (tertiary/aromatic N) is 2. The van der Waals surface area contributed by atoms with Crippen molar-refractivity contribution in [2.45, 2.75) is 13.3 Å².